The predicted octanol–water partition coefficient (Wildman–Crippen LogP) is 7.47. The van der Waals surface area contributed by atoms with Gasteiger partial charge in [-0.05, 0) is 55.5 Å². The number of anilines is 1. The molecular formula is C28H21ClN2O3. The van der Waals surface area contributed by atoms with Gasteiger partial charge < -0.3 is 14.5 Å². The number of fused-ring (bicyclic) bond motifs is 1. The molecule has 2 heterocycles. The van der Waals surface area contributed by atoms with E-state index in [1.165, 1.54) is 0 Å². The van der Waals surface area contributed by atoms with Crippen LogP contribution >= 0.6 is 11.6 Å². The van der Waals surface area contributed by atoms with E-state index in [1.54, 1.807) is 6.07 Å². The van der Waals surface area contributed by atoms with Crippen molar-refractivity contribution in [1.29, 1.82) is 0 Å². The van der Waals surface area contributed by atoms with Crippen molar-refractivity contribution >= 4 is 34.1 Å². The highest BCUT2D eigenvalue weighted by atomic mass is 35.5. The lowest BCUT2D eigenvalue weighted by atomic mass is 10.1. The van der Waals surface area contributed by atoms with E-state index in [-0.39, 0.29) is 5.91 Å². The molecule has 3 aromatic carbocycles. The summed E-state index contributed by atoms with van der Waals surface area (Å²) in [6.45, 7) is 2.41. The number of amides is 1. The summed E-state index contributed by atoms with van der Waals surface area (Å²) in [5.74, 6) is 1.54. The maximum atomic E-state index is 13.4. The number of hydrogen-bond acceptors (Lipinski definition) is 4. The van der Waals surface area contributed by atoms with Crippen molar-refractivity contribution in [2.24, 2.45) is 0 Å². The van der Waals surface area contributed by atoms with E-state index < -0.39 is 0 Å². The van der Waals surface area contributed by atoms with Gasteiger partial charge in [-0.3, -0.25) is 4.79 Å². The topological polar surface area (TPSA) is 64.4 Å². The van der Waals surface area contributed by atoms with E-state index in [4.69, 9.17) is 25.7 Å². The Labute approximate surface area is 202 Å². The molecule has 5 nitrogen and oxygen atoms in total. The molecule has 5 aromatic rings. The molecule has 5 rings (SSSR count). The van der Waals surface area contributed by atoms with Crippen molar-refractivity contribution in [3.63, 3.8) is 0 Å². The number of nitrogens with zero attached hydrogens (tertiary/aromatic N) is 1. The second-order valence-corrected chi connectivity index (χ2v) is 8.01. The van der Waals surface area contributed by atoms with Crippen LogP contribution in [0.25, 0.3) is 33.7 Å². The molecule has 0 spiro atoms. The highest BCUT2D eigenvalue weighted by Crippen LogP contribution is 2.34. The van der Waals surface area contributed by atoms with Gasteiger partial charge in [-0.2, -0.15) is 0 Å². The molecule has 1 N–H and O–H groups in total. The first-order valence-corrected chi connectivity index (χ1v) is 11.3. The monoisotopic (exact) mass is 468 g/mol. The number of ether oxygens (including phenoxy) is 1. The van der Waals surface area contributed by atoms with Crippen LogP contribution in [0, 0.1) is 0 Å². The summed E-state index contributed by atoms with van der Waals surface area (Å²) in [4.78, 5) is 18.1. The Bertz CT molecular complexity index is 1490. The van der Waals surface area contributed by atoms with Gasteiger partial charge in [0.1, 0.15) is 17.2 Å². The molecule has 0 saturated carbocycles. The number of nitrogens with one attached hydrogen (secondary N) is 1. The molecule has 6 heteroatoms. The zero-order valence-electron chi connectivity index (χ0n) is 18.4. The minimum atomic E-state index is -0.259. The summed E-state index contributed by atoms with van der Waals surface area (Å²) in [5, 5.41) is 4.33. The zero-order valence-corrected chi connectivity index (χ0v) is 19.2. The first kappa shape index (κ1) is 21.7. The number of benzene rings is 3. The van der Waals surface area contributed by atoms with Gasteiger partial charge in [0.15, 0.2) is 5.76 Å². The van der Waals surface area contributed by atoms with Crippen LogP contribution in [-0.2, 0) is 0 Å². The number of carbonyl (C=O) groups is 1. The zero-order chi connectivity index (χ0) is 23.5. The fourth-order valence-corrected chi connectivity index (χ4v) is 4.04. The van der Waals surface area contributed by atoms with Crippen LogP contribution in [0.15, 0.2) is 95.4 Å². The van der Waals surface area contributed by atoms with Crippen molar-refractivity contribution in [2.45, 2.75) is 6.92 Å². The average molecular weight is 469 g/mol. The predicted molar refractivity (Wildman–Crippen MR) is 135 cm³/mol. The highest BCUT2D eigenvalue weighted by molar-refractivity contribution is 6.33. The lowest BCUT2D eigenvalue weighted by Gasteiger charge is -2.13. The number of para-hydroxylation sites is 3. The molecule has 0 atom stereocenters. The third-order valence-electron chi connectivity index (χ3n) is 5.39. The number of halogens is 1. The number of hydrogen-bond donors (Lipinski definition) is 1. The smallest absolute Gasteiger partial charge is 0.256 e. The summed E-state index contributed by atoms with van der Waals surface area (Å²) in [5.41, 5.74) is 3.14. The molecule has 0 fully saturated rings. The normalized spacial score (nSPS) is 10.9. The first-order chi connectivity index (χ1) is 16.6. The standard InChI is InChI=1S/C28H21ClN2O3/c1-2-33-26-14-8-7-13-23(26)31-28(32)20-17-24(30-22-12-6-4-9-18(20)22)27-16-15-25(34-27)19-10-3-5-11-21(19)29/h3-17H,2H2,1H3,(H,31,32). The fourth-order valence-electron chi connectivity index (χ4n) is 3.81. The van der Waals surface area contributed by atoms with E-state index in [0.717, 1.165) is 10.9 Å². The Morgan fingerprint density at radius 2 is 1.68 bits per heavy atom. The van der Waals surface area contributed by atoms with Crippen LogP contribution < -0.4 is 10.1 Å². The molecule has 2 aromatic heterocycles. The minimum Gasteiger partial charge on any atom is -0.492 e. The molecule has 0 aliphatic carbocycles. The number of aromatic nitrogens is 1. The Balaban J connectivity index is 1.55. The molecular weight excluding hydrogens is 448 g/mol. The number of carbonyl (C=O) groups excluding carboxylic acids is 1. The van der Waals surface area contributed by atoms with Crippen LogP contribution in [0.3, 0.4) is 0 Å². The molecule has 34 heavy (non-hydrogen) atoms. The van der Waals surface area contributed by atoms with Gasteiger partial charge in [0, 0.05) is 10.9 Å². The average Bonchev–Trinajstić information content (AvgIpc) is 3.35. The maximum absolute atomic E-state index is 13.4. The van der Waals surface area contributed by atoms with Crippen molar-refractivity contribution in [1.82, 2.24) is 4.98 Å². The molecule has 0 bridgehead atoms. The molecule has 0 radical (unpaired) electrons. The van der Waals surface area contributed by atoms with Crippen LogP contribution in [0.2, 0.25) is 5.02 Å². The van der Waals surface area contributed by atoms with Crippen molar-refractivity contribution in [2.75, 3.05) is 11.9 Å². The molecule has 0 aliphatic heterocycles. The molecule has 0 unspecified atom stereocenters. The Morgan fingerprint density at radius 3 is 2.53 bits per heavy atom. The van der Waals surface area contributed by atoms with E-state index in [1.807, 2.05) is 91.9 Å². The maximum Gasteiger partial charge on any atom is 0.256 e. The van der Waals surface area contributed by atoms with Gasteiger partial charge in [0.05, 0.1) is 28.4 Å². The Kier molecular flexibility index (Phi) is 6.02. The van der Waals surface area contributed by atoms with Crippen molar-refractivity contribution < 1.29 is 13.9 Å². The lowest BCUT2D eigenvalue weighted by molar-refractivity contribution is 0.102. The fraction of sp³-hybridized carbons (Fsp3) is 0.0714. The van der Waals surface area contributed by atoms with Gasteiger partial charge >= 0.3 is 0 Å². The number of pyridine rings is 1. The summed E-state index contributed by atoms with van der Waals surface area (Å²) in [7, 11) is 0. The Morgan fingerprint density at radius 1 is 0.941 bits per heavy atom. The number of furan rings is 1. The van der Waals surface area contributed by atoms with Gasteiger partial charge in [0.25, 0.3) is 5.91 Å². The number of rotatable bonds is 6. The summed E-state index contributed by atoms with van der Waals surface area (Å²) < 4.78 is 11.7. The summed E-state index contributed by atoms with van der Waals surface area (Å²) >= 11 is 6.33. The quantitative estimate of drug-likeness (QED) is 0.281. The SMILES string of the molecule is CCOc1ccccc1NC(=O)c1cc(-c2ccc(-c3ccccc3Cl)o2)nc2ccccc12. The lowest BCUT2D eigenvalue weighted by Crippen LogP contribution is -2.14. The van der Waals surface area contributed by atoms with Crippen LogP contribution in [0.1, 0.15) is 17.3 Å². The third kappa shape index (κ3) is 4.26. The van der Waals surface area contributed by atoms with Crippen molar-refractivity contribution in [3.05, 3.63) is 102 Å². The third-order valence-corrected chi connectivity index (χ3v) is 5.72. The van der Waals surface area contributed by atoms with Crippen LogP contribution in [0.5, 0.6) is 5.75 Å². The van der Waals surface area contributed by atoms with E-state index in [9.17, 15) is 4.79 Å². The highest BCUT2D eigenvalue weighted by Gasteiger charge is 2.18. The molecule has 1 amide bonds. The molecule has 0 saturated heterocycles. The largest absolute Gasteiger partial charge is 0.492 e. The Hall–Kier alpha value is -4.09. The van der Waals surface area contributed by atoms with E-state index in [0.29, 0.717) is 51.4 Å². The van der Waals surface area contributed by atoms with Gasteiger partial charge in [-0.1, -0.05) is 54.1 Å². The van der Waals surface area contributed by atoms with E-state index >= 15 is 0 Å². The minimum absolute atomic E-state index is 0.259. The second kappa shape index (κ2) is 9.41. The van der Waals surface area contributed by atoms with Gasteiger partial charge in [0.2, 0.25) is 0 Å². The summed E-state index contributed by atoms with van der Waals surface area (Å²) in [6.07, 6.45) is 0. The van der Waals surface area contributed by atoms with Gasteiger partial charge in [-0.25, -0.2) is 4.98 Å². The first-order valence-electron chi connectivity index (χ1n) is 10.9. The van der Waals surface area contributed by atoms with Crippen molar-refractivity contribution in [3.8, 4) is 28.5 Å². The second-order valence-electron chi connectivity index (χ2n) is 7.60. The molecule has 0 aliphatic rings. The van der Waals surface area contributed by atoms with Gasteiger partial charge in [-0.15, -0.1) is 0 Å². The van der Waals surface area contributed by atoms with Crippen LogP contribution in [-0.4, -0.2) is 17.5 Å². The molecule has 168 valence electrons. The summed E-state index contributed by atoms with van der Waals surface area (Å²) in [6, 6.07) is 27.8. The van der Waals surface area contributed by atoms with Crippen LogP contribution in [0.4, 0.5) is 5.69 Å². The van der Waals surface area contributed by atoms with E-state index in [2.05, 4.69) is 5.32 Å².